The highest BCUT2D eigenvalue weighted by atomic mass is 16.4. The molecule has 7 heteroatoms. The molecule has 0 aliphatic heterocycles. The van der Waals surface area contributed by atoms with Gasteiger partial charge in [-0.3, -0.25) is 0 Å². The summed E-state index contributed by atoms with van der Waals surface area (Å²) in [4.78, 5) is 15.1. The zero-order valence-corrected chi connectivity index (χ0v) is 9.91. The Morgan fingerprint density at radius 2 is 2.33 bits per heavy atom. The fourth-order valence-corrected chi connectivity index (χ4v) is 1.45. The largest absolute Gasteiger partial charge is 0.478 e. The molecule has 2 N–H and O–H groups in total. The number of carboxylic acids is 1. The molecular weight excluding hydrogens is 236 g/mol. The van der Waals surface area contributed by atoms with Crippen LogP contribution < -0.4 is 5.32 Å². The fraction of sp³-hybridized carbons (Fsp3) is 0.273. The van der Waals surface area contributed by atoms with E-state index in [1.165, 1.54) is 12.3 Å². The molecular formula is C11H12N4O3. The first-order valence-electron chi connectivity index (χ1n) is 5.31. The summed E-state index contributed by atoms with van der Waals surface area (Å²) >= 11 is 0. The number of carbonyl (C=O) groups is 1. The SMILES string of the molecule is Cc1cnc(C(C)Nc2nnccc2C(=O)O)o1. The number of carboxylic acid groups (broad SMARTS) is 1. The lowest BCUT2D eigenvalue weighted by Gasteiger charge is -2.11. The third kappa shape index (κ3) is 2.45. The Kier molecular flexibility index (Phi) is 3.22. The van der Waals surface area contributed by atoms with E-state index in [1.54, 1.807) is 20.0 Å². The number of hydrogen-bond acceptors (Lipinski definition) is 6. The number of nitrogens with zero attached hydrogens (tertiary/aromatic N) is 3. The van der Waals surface area contributed by atoms with Crippen LogP contribution in [0.1, 0.15) is 35.0 Å². The van der Waals surface area contributed by atoms with Gasteiger partial charge in [0.15, 0.2) is 5.82 Å². The van der Waals surface area contributed by atoms with Gasteiger partial charge in [0.2, 0.25) is 5.89 Å². The Bertz CT molecular complexity index is 567. The summed E-state index contributed by atoms with van der Waals surface area (Å²) < 4.78 is 5.35. The maximum absolute atomic E-state index is 11.0. The van der Waals surface area contributed by atoms with Gasteiger partial charge in [-0.25, -0.2) is 9.78 Å². The highest BCUT2D eigenvalue weighted by molar-refractivity contribution is 5.92. The summed E-state index contributed by atoms with van der Waals surface area (Å²) in [6, 6.07) is 1.08. The predicted molar refractivity (Wildman–Crippen MR) is 62.3 cm³/mol. The van der Waals surface area contributed by atoms with Gasteiger partial charge < -0.3 is 14.8 Å². The molecule has 1 unspecified atom stereocenters. The van der Waals surface area contributed by atoms with Crippen molar-refractivity contribution in [1.29, 1.82) is 0 Å². The molecule has 0 radical (unpaired) electrons. The first kappa shape index (κ1) is 12.0. The highest BCUT2D eigenvalue weighted by Crippen LogP contribution is 2.19. The van der Waals surface area contributed by atoms with E-state index in [-0.39, 0.29) is 17.4 Å². The second-order valence-electron chi connectivity index (χ2n) is 3.77. The number of aromatic carboxylic acids is 1. The molecule has 0 fully saturated rings. The lowest BCUT2D eigenvalue weighted by molar-refractivity contribution is 0.0697. The van der Waals surface area contributed by atoms with E-state index in [1.807, 2.05) is 0 Å². The Morgan fingerprint density at radius 1 is 1.56 bits per heavy atom. The Balaban J connectivity index is 2.21. The van der Waals surface area contributed by atoms with Crippen molar-refractivity contribution in [3.63, 3.8) is 0 Å². The smallest absolute Gasteiger partial charge is 0.339 e. The van der Waals surface area contributed by atoms with Gasteiger partial charge in [0.05, 0.1) is 12.4 Å². The number of hydrogen-bond donors (Lipinski definition) is 2. The van der Waals surface area contributed by atoms with Crippen LogP contribution in [0.4, 0.5) is 5.82 Å². The third-order valence-electron chi connectivity index (χ3n) is 2.31. The average Bonchev–Trinajstić information content (AvgIpc) is 2.76. The number of rotatable bonds is 4. The van der Waals surface area contributed by atoms with Gasteiger partial charge in [-0.1, -0.05) is 0 Å². The van der Waals surface area contributed by atoms with Crippen molar-refractivity contribution in [2.75, 3.05) is 5.32 Å². The van der Waals surface area contributed by atoms with E-state index >= 15 is 0 Å². The zero-order chi connectivity index (χ0) is 13.1. The first-order valence-corrected chi connectivity index (χ1v) is 5.31. The van der Waals surface area contributed by atoms with Crippen LogP contribution in [0, 0.1) is 6.92 Å². The molecule has 0 saturated carbocycles. The summed E-state index contributed by atoms with van der Waals surface area (Å²) in [6.07, 6.45) is 2.93. The van der Waals surface area contributed by atoms with Gasteiger partial charge in [0.1, 0.15) is 17.4 Å². The third-order valence-corrected chi connectivity index (χ3v) is 2.31. The lowest BCUT2D eigenvalue weighted by atomic mass is 10.2. The molecule has 7 nitrogen and oxygen atoms in total. The molecule has 2 rings (SSSR count). The number of aryl methyl sites for hydroxylation is 1. The molecule has 1 atom stereocenters. The summed E-state index contributed by atoms with van der Waals surface area (Å²) in [5.74, 6) is 0.280. The van der Waals surface area contributed by atoms with Crippen LogP contribution in [0.3, 0.4) is 0 Å². The van der Waals surface area contributed by atoms with Crippen LogP contribution >= 0.6 is 0 Å². The van der Waals surface area contributed by atoms with E-state index in [9.17, 15) is 4.79 Å². The predicted octanol–water partition coefficient (Wildman–Crippen LogP) is 1.64. The summed E-state index contributed by atoms with van der Waals surface area (Å²) in [6.45, 7) is 3.58. The second kappa shape index (κ2) is 4.82. The fourth-order valence-electron chi connectivity index (χ4n) is 1.45. The maximum atomic E-state index is 11.0. The Labute approximate surface area is 103 Å². The van der Waals surface area contributed by atoms with Crippen molar-refractivity contribution in [3.8, 4) is 0 Å². The first-order chi connectivity index (χ1) is 8.58. The molecule has 18 heavy (non-hydrogen) atoms. The summed E-state index contributed by atoms with van der Waals surface area (Å²) in [5, 5.41) is 19.3. The molecule has 0 bridgehead atoms. The van der Waals surface area contributed by atoms with Crippen molar-refractivity contribution in [1.82, 2.24) is 15.2 Å². The van der Waals surface area contributed by atoms with Crippen molar-refractivity contribution in [2.45, 2.75) is 19.9 Å². The van der Waals surface area contributed by atoms with Gasteiger partial charge >= 0.3 is 5.97 Å². The molecule has 2 aromatic rings. The van der Waals surface area contributed by atoms with E-state index in [0.29, 0.717) is 11.7 Å². The monoisotopic (exact) mass is 248 g/mol. The number of nitrogens with one attached hydrogen (secondary N) is 1. The zero-order valence-electron chi connectivity index (χ0n) is 9.91. The maximum Gasteiger partial charge on any atom is 0.339 e. The van der Waals surface area contributed by atoms with E-state index in [2.05, 4.69) is 20.5 Å². The van der Waals surface area contributed by atoms with Gasteiger partial charge in [0.25, 0.3) is 0 Å². The van der Waals surface area contributed by atoms with Crippen LogP contribution in [0.5, 0.6) is 0 Å². The Morgan fingerprint density at radius 3 is 2.94 bits per heavy atom. The van der Waals surface area contributed by atoms with Crippen molar-refractivity contribution >= 4 is 11.8 Å². The van der Waals surface area contributed by atoms with Crippen molar-refractivity contribution < 1.29 is 14.3 Å². The average molecular weight is 248 g/mol. The van der Waals surface area contributed by atoms with Gasteiger partial charge in [0, 0.05) is 0 Å². The molecule has 0 amide bonds. The highest BCUT2D eigenvalue weighted by Gasteiger charge is 2.17. The molecule has 0 aromatic carbocycles. The van der Waals surface area contributed by atoms with Crippen LogP contribution in [-0.2, 0) is 0 Å². The van der Waals surface area contributed by atoms with Crippen LogP contribution in [0.25, 0.3) is 0 Å². The second-order valence-corrected chi connectivity index (χ2v) is 3.77. The van der Waals surface area contributed by atoms with Crippen LogP contribution in [-0.4, -0.2) is 26.3 Å². The van der Waals surface area contributed by atoms with Crippen molar-refractivity contribution in [3.05, 3.63) is 35.7 Å². The van der Waals surface area contributed by atoms with Gasteiger partial charge in [-0.15, -0.1) is 5.10 Å². The quantitative estimate of drug-likeness (QED) is 0.848. The number of aromatic nitrogens is 3. The number of anilines is 1. The molecule has 0 aliphatic carbocycles. The van der Waals surface area contributed by atoms with Crippen molar-refractivity contribution in [2.24, 2.45) is 0 Å². The van der Waals surface area contributed by atoms with E-state index in [0.717, 1.165) is 0 Å². The molecule has 0 spiro atoms. The normalized spacial score (nSPS) is 12.1. The van der Waals surface area contributed by atoms with Crippen LogP contribution in [0.15, 0.2) is 22.9 Å². The summed E-state index contributed by atoms with van der Waals surface area (Å²) in [7, 11) is 0. The molecule has 2 aromatic heterocycles. The minimum absolute atomic E-state index is 0.0557. The topological polar surface area (TPSA) is 101 Å². The van der Waals surface area contributed by atoms with Crippen LogP contribution in [0.2, 0.25) is 0 Å². The molecule has 0 saturated heterocycles. The minimum Gasteiger partial charge on any atom is -0.478 e. The van der Waals surface area contributed by atoms with E-state index in [4.69, 9.17) is 9.52 Å². The standard InChI is InChI=1S/C11H12N4O3/c1-6-5-12-10(18-6)7(2)14-9-8(11(16)17)3-4-13-15-9/h3-5,7H,1-2H3,(H,14,15)(H,16,17). The molecule has 0 aliphatic rings. The number of oxazole rings is 1. The molecule has 2 heterocycles. The summed E-state index contributed by atoms with van der Waals surface area (Å²) in [5.41, 5.74) is 0.0557. The molecule has 94 valence electrons. The Hall–Kier alpha value is -2.44. The minimum atomic E-state index is -1.07. The van der Waals surface area contributed by atoms with E-state index < -0.39 is 5.97 Å². The van der Waals surface area contributed by atoms with Gasteiger partial charge in [-0.2, -0.15) is 5.10 Å². The lowest BCUT2D eigenvalue weighted by Crippen LogP contribution is -2.13. The van der Waals surface area contributed by atoms with Gasteiger partial charge in [-0.05, 0) is 19.9 Å².